The van der Waals surface area contributed by atoms with Crippen molar-refractivity contribution in [3.8, 4) is 5.69 Å². The molecule has 1 aliphatic heterocycles. The van der Waals surface area contributed by atoms with Crippen LogP contribution in [0.15, 0.2) is 36.9 Å². The summed E-state index contributed by atoms with van der Waals surface area (Å²) >= 11 is 12.7. The fraction of sp³-hybridized carbons (Fsp3) is 0.316. The summed E-state index contributed by atoms with van der Waals surface area (Å²) in [6.07, 6.45) is 6.36. The second kappa shape index (κ2) is 6.11. The average molecular weight is 403 g/mol. The Morgan fingerprint density at radius 3 is 2.93 bits per heavy atom. The summed E-state index contributed by atoms with van der Waals surface area (Å²) in [6, 6.07) is 5.32. The van der Waals surface area contributed by atoms with Gasteiger partial charge in [-0.2, -0.15) is 0 Å². The molecule has 6 nitrogen and oxygen atoms in total. The number of carbonyl (C=O) groups is 1. The minimum Gasteiger partial charge on any atom is -0.467 e. The quantitative estimate of drug-likeness (QED) is 0.624. The summed E-state index contributed by atoms with van der Waals surface area (Å²) in [5, 5.41) is 1.71. The number of nitrogens with zero attached hydrogens (tertiary/aromatic N) is 4. The first-order valence-corrected chi connectivity index (χ1v) is 9.45. The number of pyridine rings is 1. The van der Waals surface area contributed by atoms with Gasteiger partial charge in [-0.1, -0.05) is 23.2 Å². The first-order valence-electron chi connectivity index (χ1n) is 8.70. The second-order valence-corrected chi connectivity index (χ2v) is 7.79. The number of halogens is 2. The third-order valence-electron chi connectivity index (χ3n) is 5.51. The highest BCUT2D eigenvalue weighted by molar-refractivity contribution is 6.45. The molecule has 3 aromatic rings. The molecule has 138 valence electrons. The summed E-state index contributed by atoms with van der Waals surface area (Å²) < 4.78 is 6.95. The number of anilines is 1. The van der Waals surface area contributed by atoms with E-state index in [0.717, 1.165) is 24.0 Å². The van der Waals surface area contributed by atoms with E-state index >= 15 is 0 Å². The van der Waals surface area contributed by atoms with Crippen LogP contribution >= 0.6 is 23.2 Å². The number of aromatic nitrogens is 3. The van der Waals surface area contributed by atoms with Crippen molar-refractivity contribution in [2.24, 2.45) is 11.8 Å². The Hall–Kier alpha value is -2.31. The first kappa shape index (κ1) is 16.8. The molecule has 1 aliphatic carbocycles. The Bertz CT molecular complexity index is 1050. The van der Waals surface area contributed by atoms with E-state index in [1.165, 1.54) is 7.11 Å². The zero-order chi connectivity index (χ0) is 18.7. The van der Waals surface area contributed by atoms with Crippen LogP contribution in [-0.4, -0.2) is 40.2 Å². The highest BCUT2D eigenvalue weighted by Gasteiger charge is 2.56. The lowest BCUT2D eigenvalue weighted by atomic mass is 10.1. The van der Waals surface area contributed by atoms with Crippen LogP contribution in [-0.2, 0) is 9.53 Å². The molecule has 3 heterocycles. The molecule has 5 rings (SSSR count). The van der Waals surface area contributed by atoms with E-state index in [-0.39, 0.29) is 12.0 Å². The van der Waals surface area contributed by atoms with Crippen LogP contribution in [0.25, 0.3) is 16.6 Å². The van der Waals surface area contributed by atoms with E-state index < -0.39 is 0 Å². The van der Waals surface area contributed by atoms with Gasteiger partial charge in [-0.05, 0) is 30.4 Å². The second-order valence-electron chi connectivity index (χ2n) is 7.01. The number of hydrogen-bond donors (Lipinski definition) is 0. The van der Waals surface area contributed by atoms with E-state index in [4.69, 9.17) is 32.9 Å². The Morgan fingerprint density at radius 1 is 1.33 bits per heavy atom. The van der Waals surface area contributed by atoms with Crippen molar-refractivity contribution in [1.29, 1.82) is 0 Å². The summed E-state index contributed by atoms with van der Waals surface area (Å²) in [7, 11) is 1.43. The van der Waals surface area contributed by atoms with Crippen LogP contribution in [0.4, 0.5) is 5.82 Å². The molecule has 2 fully saturated rings. The number of piperidine rings is 1. The molecule has 2 aliphatic rings. The fourth-order valence-electron chi connectivity index (χ4n) is 4.09. The van der Waals surface area contributed by atoms with Crippen LogP contribution in [0.5, 0.6) is 0 Å². The van der Waals surface area contributed by atoms with Crippen molar-refractivity contribution < 1.29 is 9.53 Å². The predicted octanol–water partition coefficient (Wildman–Crippen LogP) is 3.73. The lowest BCUT2D eigenvalue weighted by Crippen LogP contribution is -2.40. The molecule has 1 saturated heterocycles. The smallest absolute Gasteiger partial charge is 0.328 e. The maximum Gasteiger partial charge on any atom is 0.328 e. The first-order chi connectivity index (χ1) is 13.1. The Morgan fingerprint density at radius 2 is 2.19 bits per heavy atom. The van der Waals surface area contributed by atoms with Crippen LogP contribution in [0, 0.1) is 11.8 Å². The number of imidazole rings is 1. The normalized spacial score (nSPS) is 23.5. The standard InChI is InChI=1S/C19H16Cl2N4O2/c1-27-19(26)18-12-6-10(12)8-25(18)15-7-14(24-5-4-22-9-24)11-2-3-13(20)16(21)17(11)23-15/h2-5,7,9-10,12,18H,6,8H2,1H3/t10-,12-,18+/m1/s1. The summed E-state index contributed by atoms with van der Waals surface area (Å²) in [5.74, 6) is 1.32. The summed E-state index contributed by atoms with van der Waals surface area (Å²) in [6.45, 7) is 0.782. The molecule has 27 heavy (non-hydrogen) atoms. The van der Waals surface area contributed by atoms with E-state index in [0.29, 0.717) is 33.2 Å². The van der Waals surface area contributed by atoms with Gasteiger partial charge in [0.15, 0.2) is 0 Å². The Labute approximate surface area is 165 Å². The number of ether oxygens (including phenoxy) is 1. The Kier molecular flexibility index (Phi) is 3.81. The van der Waals surface area contributed by atoms with Gasteiger partial charge in [0.05, 0.1) is 34.7 Å². The van der Waals surface area contributed by atoms with Gasteiger partial charge in [-0.15, -0.1) is 0 Å². The SMILES string of the molecule is COC(=O)[C@@H]1[C@@H]2C[C@@H]2CN1c1cc(-n2ccnc2)c2ccc(Cl)c(Cl)c2n1. The summed E-state index contributed by atoms with van der Waals surface area (Å²) in [5.41, 5.74) is 1.49. The molecule has 0 radical (unpaired) electrons. The van der Waals surface area contributed by atoms with Gasteiger partial charge in [0.25, 0.3) is 0 Å². The van der Waals surface area contributed by atoms with Gasteiger partial charge < -0.3 is 14.2 Å². The third kappa shape index (κ3) is 2.58. The lowest BCUT2D eigenvalue weighted by molar-refractivity contribution is -0.142. The monoisotopic (exact) mass is 402 g/mol. The van der Waals surface area contributed by atoms with Crippen LogP contribution in [0.1, 0.15) is 6.42 Å². The van der Waals surface area contributed by atoms with E-state index in [2.05, 4.69) is 4.98 Å². The number of methoxy groups -OCH3 is 1. The number of hydrogen-bond acceptors (Lipinski definition) is 5. The van der Waals surface area contributed by atoms with Crippen molar-refractivity contribution >= 4 is 45.9 Å². The number of carbonyl (C=O) groups excluding carboxylic acids is 1. The van der Waals surface area contributed by atoms with Crippen LogP contribution in [0.3, 0.4) is 0 Å². The van der Waals surface area contributed by atoms with Crippen molar-refractivity contribution in [3.63, 3.8) is 0 Å². The Balaban J connectivity index is 1.71. The molecular formula is C19H16Cl2N4O2. The van der Waals surface area contributed by atoms with E-state index in [1.807, 2.05) is 27.8 Å². The molecule has 0 amide bonds. The lowest BCUT2D eigenvalue weighted by Gasteiger charge is -2.27. The maximum absolute atomic E-state index is 12.4. The van der Waals surface area contributed by atoms with Gasteiger partial charge in [-0.3, -0.25) is 0 Å². The topological polar surface area (TPSA) is 60.2 Å². The fourth-order valence-corrected chi connectivity index (χ4v) is 4.45. The largest absolute Gasteiger partial charge is 0.467 e. The number of esters is 1. The van der Waals surface area contributed by atoms with Crippen molar-refractivity contribution in [2.75, 3.05) is 18.6 Å². The zero-order valence-corrected chi connectivity index (χ0v) is 16.0. The molecule has 1 aromatic carbocycles. The van der Waals surface area contributed by atoms with E-state index in [9.17, 15) is 4.79 Å². The highest BCUT2D eigenvalue weighted by atomic mass is 35.5. The molecule has 2 aromatic heterocycles. The van der Waals surface area contributed by atoms with Gasteiger partial charge in [0.2, 0.25) is 0 Å². The maximum atomic E-state index is 12.4. The molecule has 1 saturated carbocycles. The van der Waals surface area contributed by atoms with Gasteiger partial charge >= 0.3 is 5.97 Å². The number of fused-ring (bicyclic) bond motifs is 2. The highest BCUT2D eigenvalue weighted by Crippen LogP contribution is 2.51. The number of benzene rings is 1. The van der Waals surface area contributed by atoms with Crippen molar-refractivity contribution in [2.45, 2.75) is 12.5 Å². The zero-order valence-electron chi connectivity index (χ0n) is 14.5. The number of rotatable bonds is 3. The minimum absolute atomic E-state index is 0.219. The minimum atomic E-state index is -0.307. The van der Waals surface area contributed by atoms with Gasteiger partial charge in [0, 0.05) is 30.4 Å². The van der Waals surface area contributed by atoms with Gasteiger partial charge in [0.1, 0.15) is 11.9 Å². The third-order valence-corrected chi connectivity index (χ3v) is 6.30. The molecule has 8 heteroatoms. The van der Waals surface area contributed by atoms with Gasteiger partial charge in [-0.25, -0.2) is 14.8 Å². The van der Waals surface area contributed by atoms with Crippen LogP contribution in [0.2, 0.25) is 10.0 Å². The van der Waals surface area contributed by atoms with Crippen molar-refractivity contribution in [3.05, 3.63) is 47.0 Å². The average Bonchev–Trinajstić information content (AvgIpc) is 3.10. The summed E-state index contributed by atoms with van der Waals surface area (Å²) in [4.78, 5) is 23.3. The molecule has 3 atom stereocenters. The van der Waals surface area contributed by atoms with Crippen LogP contribution < -0.4 is 4.90 Å². The molecular weight excluding hydrogens is 387 g/mol. The van der Waals surface area contributed by atoms with E-state index in [1.54, 1.807) is 18.6 Å². The molecule has 0 unspecified atom stereocenters. The molecule has 0 spiro atoms. The molecule has 0 N–H and O–H groups in total. The predicted molar refractivity (Wildman–Crippen MR) is 104 cm³/mol. The molecule has 0 bridgehead atoms. The van der Waals surface area contributed by atoms with Crippen molar-refractivity contribution in [1.82, 2.24) is 14.5 Å².